The molecule has 0 heterocycles. The number of ether oxygens (including phenoxy) is 2. The van der Waals surface area contributed by atoms with Crippen molar-refractivity contribution in [3.05, 3.63) is 22.8 Å². The third-order valence-electron chi connectivity index (χ3n) is 6.22. The Morgan fingerprint density at radius 1 is 0.889 bits per heavy atom. The number of rotatable bonds is 16. The first-order valence-corrected chi connectivity index (χ1v) is 21.4. The van der Waals surface area contributed by atoms with Gasteiger partial charge in [-0.3, -0.25) is 0 Å². The van der Waals surface area contributed by atoms with Crippen LogP contribution in [0.1, 0.15) is 101 Å². The molecule has 36 heavy (non-hydrogen) atoms. The summed E-state index contributed by atoms with van der Waals surface area (Å²) in [4.78, 5) is 27.7. The number of nitrogens with one attached hydrogen (secondary N) is 1. The van der Waals surface area contributed by atoms with E-state index in [1.165, 1.54) is 36.2 Å². The van der Waals surface area contributed by atoms with Crippen molar-refractivity contribution in [3.63, 3.8) is 0 Å². The zero-order chi connectivity index (χ0) is 28.0. The van der Waals surface area contributed by atoms with E-state index in [0.29, 0.717) is 13.1 Å². The second-order valence-electron chi connectivity index (χ2n) is 12.0. The van der Waals surface area contributed by atoms with E-state index in [0.717, 1.165) is 19.3 Å². The molecule has 0 aromatic carbocycles. The van der Waals surface area contributed by atoms with Gasteiger partial charge in [-0.25, -0.2) is 0 Å². The molecular weight excluding hydrogens is 559 g/mol. The molecule has 210 valence electrons. The van der Waals surface area contributed by atoms with E-state index in [1.54, 1.807) is 11.0 Å². The van der Waals surface area contributed by atoms with Crippen molar-refractivity contribution in [2.45, 2.75) is 131 Å². The molecule has 0 unspecified atom stereocenters. The molecule has 0 aromatic heterocycles. The summed E-state index contributed by atoms with van der Waals surface area (Å²) in [6.07, 6.45) is 7.80. The standard InChI is InChI=1S/C17H29N2O4.3C4H9.Sn/c1-9-11-19(15(21)23-17(6,7)8)12-13(10-2)18-14(20)22-16(3,4)5;3*1-3-4-2;/h9,13H,1-2,11-12H2,3-8H3,(H,18,20);3*1,3-4H2,2H3;/t13-;;;;/m1..../s1. The van der Waals surface area contributed by atoms with Gasteiger partial charge in [0.05, 0.1) is 0 Å². The van der Waals surface area contributed by atoms with Crippen molar-refractivity contribution >= 4 is 30.6 Å². The summed E-state index contributed by atoms with van der Waals surface area (Å²) in [6.45, 7) is 27.0. The van der Waals surface area contributed by atoms with Crippen molar-refractivity contribution in [3.8, 4) is 0 Å². The third-order valence-corrected chi connectivity index (χ3v) is 22.3. The van der Waals surface area contributed by atoms with Gasteiger partial charge in [-0.2, -0.15) is 0 Å². The Labute approximate surface area is 226 Å². The summed E-state index contributed by atoms with van der Waals surface area (Å²) in [6, 6.07) is -0.381. The van der Waals surface area contributed by atoms with E-state index >= 15 is 0 Å². The van der Waals surface area contributed by atoms with Crippen LogP contribution in [-0.2, 0) is 9.47 Å². The SMILES string of the molecule is C=CCN(C[C@H](NC(=O)OC(C)(C)C)[C](=C)[Sn]([CH2]CCC)([CH2]CCC)[CH2]CCC)C(=O)OC(C)(C)C. The van der Waals surface area contributed by atoms with Gasteiger partial charge in [-0.15, -0.1) is 0 Å². The van der Waals surface area contributed by atoms with Crippen LogP contribution in [0.3, 0.4) is 0 Å². The number of hydrogen-bond donors (Lipinski definition) is 1. The van der Waals surface area contributed by atoms with Crippen LogP contribution in [0, 0.1) is 0 Å². The van der Waals surface area contributed by atoms with Crippen LogP contribution in [-0.4, -0.2) is 65.8 Å². The van der Waals surface area contributed by atoms with Gasteiger partial charge < -0.3 is 0 Å². The van der Waals surface area contributed by atoms with Crippen molar-refractivity contribution < 1.29 is 19.1 Å². The molecule has 1 atom stereocenters. The monoisotopic (exact) mass is 616 g/mol. The Kier molecular flexibility index (Phi) is 16.1. The van der Waals surface area contributed by atoms with Crippen LogP contribution < -0.4 is 5.32 Å². The second-order valence-corrected chi connectivity index (χ2v) is 25.4. The van der Waals surface area contributed by atoms with Gasteiger partial charge in [-0.1, -0.05) is 0 Å². The minimum absolute atomic E-state index is 0.294. The fraction of sp³-hybridized carbons (Fsp3) is 0.793. The third kappa shape index (κ3) is 13.9. The predicted octanol–water partition coefficient (Wildman–Crippen LogP) is 8.25. The molecule has 0 spiro atoms. The Morgan fingerprint density at radius 2 is 1.33 bits per heavy atom. The number of carbonyl (C=O) groups is 2. The van der Waals surface area contributed by atoms with E-state index in [4.69, 9.17) is 16.1 Å². The minimum atomic E-state index is -2.95. The molecule has 0 aliphatic heterocycles. The van der Waals surface area contributed by atoms with E-state index < -0.39 is 41.8 Å². The molecule has 0 bridgehead atoms. The maximum atomic E-state index is 13.1. The van der Waals surface area contributed by atoms with Crippen LogP contribution in [0.2, 0.25) is 13.3 Å². The van der Waals surface area contributed by atoms with Crippen molar-refractivity contribution in [1.82, 2.24) is 10.2 Å². The zero-order valence-electron chi connectivity index (χ0n) is 24.9. The molecule has 0 rings (SSSR count). The average Bonchev–Trinajstić information content (AvgIpc) is 2.75. The molecule has 0 fully saturated rings. The average molecular weight is 615 g/mol. The number of hydrogen-bond acceptors (Lipinski definition) is 4. The molecule has 0 aromatic rings. The number of carbonyl (C=O) groups excluding carboxylic acids is 2. The van der Waals surface area contributed by atoms with Crippen LogP contribution in [0.15, 0.2) is 22.8 Å². The Hall–Kier alpha value is -1.18. The Morgan fingerprint density at radius 3 is 1.69 bits per heavy atom. The molecule has 0 radical (unpaired) electrons. The van der Waals surface area contributed by atoms with Gasteiger partial charge in [-0.05, 0) is 0 Å². The number of nitrogens with zero attached hydrogens (tertiary/aromatic N) is 1. The van der Waals surface area contributed by atoms with Crippen LogP contribution in [0.5, 0.6) is 0 Å². The number of amides is 2. The second kappa shape index (κ2) is 16.6. The Bertz CT molecular complexity index is 673. The fourth-order valence-corrected chi connectivity index (χ4v) is 20.7. The Balaban J connectivity index is 6.37. The summed E-state index contributed by atoms with van der Waals surface area (Å²) >= 11 is -2.95. The van der Waals surface area contributed by atoms with Crippen LogP contribution in [0.25, 0.3) is 0 Å². The summed E-state index contributed by atoms with van der Waals surface area (Å²) in [7, 11) is 0. The quantitative estimate of drug-likeness (QED) is 0.140. The molecule has 6 nitrogen and oxygen atoms in total. The van der Waals surface area contributed by atoms with Crippen molar-refractivity contribution in [1.29, 1.82) is 0 Å². The fourth-order valence-electron chi connectivity index (χ4n) is 4.39. The summed E-state index contributed by atoms with van der Waals surface area (Å²) < 4.78 is 16.2. The van der Waals surface area contributed by atoms with E-state index in [-0.39, 0.29) is 6.04 Å². The summed E-state index contributed by atoms with van der Waals surface area (Å²) in [5.74, 6) is 0. The molecule has 7 heteroatoms. The molecule has 0 saturated heterocycles. The molecular formula is C29H56N2O4Sn. The van der Waals surface area contributed by atoms with Gasteiger partial charge in [0.1, 0.15) is 0 Å². The summed E-state index contributed by atoms with van der Waals surface area (Å²) in [5.41, 5.74) is -1.23. The normalized spacial score (nSPS) is 13.0. The van der Waals surface area contributed by atoms with Gasteiger partial charge in [0, 0.05) is 0 Å². The topological polar surface area (TPSA) is 67.9 Å². The van der Waals surface area contributed by atoms with E-state index in [9.17, 15) is 9.59 Å². The molecule has 2 amide bonds. The summed E-state index contributed by atoms with van der Waals surface area (Å²) in [5, 5.41) is 3.12. The van der Waals surface area contributed by atoms with Gasteiger partial charge >= 0.3 is 227 Å². The van der Waals surface area contributed by atoms with Gasteiger partial charge in [0.15, 0.2) is 0 Å². The van der Waals surface area contributed by atoms with Gasteiger partial charge in [0.2, 0.25) is 0 Å². The number of alkyl carbamates (subject to hydrolysis) is 1. The first-order valence-electron chi connectivity index (χ1n) is 13.9. The number of unbranched alkanes of at least 4 members (excludes halogenated alkanes) is 3. The van der Waals surface area contributed by atoms with E-state index in [2.05, 4.69) is 32.7 Å². The van der Waals surface area contributed by atoms with Crippen molar-refractivity contribution in [2.75, 3.05) is 13.1 Å². The molecule has 1 N–H and O–H groups in total. The maximum absolute atomic E-state index is 13.1. The zero-order valence-corrected chi connectivity index (χ0v) is 27.8. The first kappa shape index (κ1) is 34.8. The predicted molar refractivity (Wildman–Crippen MR) is 155 cm³/mol. The van der Waals surface area contributed by atoms with Crippen LogP contribution >= 0.6 is 0 Å². The first-order chi connectivity index (χ1) is 16.6. The van der Waals surface area contributed by atoms with E-state index in [1.807, 2.05) is 41.5 Å². The molecule has 0 aliphatic carbocycles. The molecule has 0 saturated carbocycles. The van der Waals surface area contributed by atoms with Gasteiger partial charge in [0.25, 0.3) is 0 Å². The molecule has 0 aliphatic rings. The van der Waals surface area contributed by atoms with Crippen molar-refractivity contribution in [2.24, 2.45) is 0 Å². The van der Waals surface area contributed by atoms with Crippen LogP contribution in [0.4, 0.5) is 9.59 Å².